The van der Waals surface area contributed by atoms with E-state index in [9.17, 15) is 9.59 Å². The third-order valence-corrected chi connectivity index (χ3v) is 5.68. The topological polar surface area (TPSA) is 59.1 Å². The van der Waals surface area contributed by atoms with Gasteiger partial charge in [-0.15, -0.1) is 0 Å². The van der Waals surface area contributed by atoms with Crippen molar-refractivity contribution in [2.75, 3.05) is 46.1 Å². The van der Waals surface area contributed by atoms with Crippen molar-refractivity contribution in [1.82, 2.24) is 9.80 Å². The van der Waals surface area contributed by atoms with Gasteiger partial charge in [0.2, 0.25) is 11.8 Å². The molecule has 0 radical (unpaired) electrons. The van der Waals surface area contributed by atoms with Crippen molar-refractivity contribution in [3.05, 3.63) is 0 Å². The lowest BCUT2D eigenvalue weighted by atomic mass is 9.87. The second-order valence-corrected chi connectivity index (χ2v) is 7.93. The number of hydrogen-bond donors (Lipinski definition) is 0. The number of hydrogen-bond acceptors (Lipinski definition) is 4. The molecule has 0 aromatic rings. The Bertz CT molecular complexity index is 476. The molecule has 24 heavy (non-hydrogen) atoms. The van der Waals surface area contributed by atoms with Gasteiger partial charge < -0.3 is 19.3 Å². The summed E-state index contributed by atoms with van der Waals surface area (Å²) in [7, 11) is 0. The van der Waals surface area contributed by atoms with Gasteiger partial charge in [-0.2, -0.15) is 0 Å². The summed E-state index contributed by atoms with van der Waals surface area (Å²) >= 11 is 0. The summed E-state index contributed by atoms with van der Waals surface area (Å²) in [6.07, 6.45) is 3.53. The molecule has 3 fully saturated rings. The van der Waals surface area contributed by atoms with Crippen molar-refractivity contribution in [3.63, 3.8) is 0 Å². The molecule has 0 aromatic heterocycles. The predicted octanol–water partition coefficient (Wildman–Crippen LogP) is 1.29. The fourth-order valence-corrected chi connectivity index (χ4v) is 4.12. The quantitative estimate of drug-likeness (QED) is 0.778. The van der Waals surface area contributed by atoms with Crippen LogP contribution in [0.25, 0.3) is 0 Å². The molecule has 3 aliphatic heterocycles. The van der Waals surface area contributed by atoms with Gasteiger partial charge in [0, 0.05) is 50.7 Å². The predicted molar refractivity (Wildman–Crippen MR) is 89.5 cm³/mol. The molecule has 2 amide bonds. The summed E-state index contributed by atoms with van der Waals surface area (Å²) in [6.45, 7) is 8.57. The van der Waals surface area contributed by atoms with Crippen LogP contribution in [0, 0.1) is 11.3 Å². The van der Waals surface area contributed by atoms with Gasteiger partial charge in [0.15, 0.2) is 0 Å². The molecule has 0 saturated carbocycles. The van der Waals surface area contributed by atoms with E-state index < -0.39 is 0 Å². The standard InChI is InChI=1S/C18H30N2O4/c1-14(2)20-12-18(13-24-10-17(20)22)5-6-19(11-18)16(21)9-15-3-7-23-8-4-15/h14-15H,3-13H2,1-2H3. The maximum absolute atomic E-state index is 12.7. The lowest BCUT2D eigenvalue weighted by molar-refractivity contribution is -0.135. The molecule has 6 nitrogen and oxygen atoms in total. The summed E-state index contributed by atoms with van der Waals surface area (Å²) in [5, 5.41) is 0. The fourth-order valence-electron chi connectivity index (χ4n) is 4.12. The Morgan fingerprint density at radius 1 is 1.25 bits per heavy atom. The van der Waals surface area contributed by atoms with Crippen LogP contribution in [0.3, 0.4) is 0 Å². The van der Waals surface area contributed by atoms with Crippen LogP contribution in [0.2, 0.25) is 0 Å². The molecule has 1 spiro atoms. The maximum Gasteiger partial charge on any atom is 0.248 e. The molecule has 0 N–H and O–H groups in total. The van der Waals surface area contributed by atoms with E-state index in [-0.39, 0.29) is 29.9 Å². The van der Waals surface area contributed by atoms with Crippen LogP contribution in [-0.2, 0) is 19.1 Å². The van der Waals surface area contributed by atoms with Crippen LogP contribution in [0.5, 0.6) is 0 Å². The Labute approximate surface area is 144 Å². The summed E-state index contributed by atoms with van der Waals surface area (Å²) in [5.41, 5.74) is -0.0955. The molecule has 0 bridgehead atoms. The van der Waals surface area contributed by atoms with Crippen molar-refractivity contribution in [1.29, 1.82) is 0 Å². The van der Waals surface area contributed by atoms with Crippen LogP contribution in [0.4, 0.5) is 0 Å². The average molecular weight is 338 g/mol. The smallest absolute Gasteiger partial charge is 0.248 e. The van der Waals surface area contributed by atoms with E-state index in [1.165, 1.54) is 0 Å². The Balaban J connectivity index is 1.60. The SMILES string of the molecule is CC(C)N1CC2(CCN(C(=O)CC3CCOCC3)C2)COCC1=O. The van der Waals surface area contributed by atoms with Crippen LogP contribution in [0.15, 0.2) is 0 Å². The number of likely N-dealkylation sites (tertiary alicyclic amines) is 1. The Morgan fingerprint density at radius 3 is 2.71 bits per heavy atom. The van der Waals surface area contributed by atoms with Crippen LogP contribution >= 0.6 is 0 Å². The van der Waals surface area contributed by atoms with Crippen LogP contribution in [0.1, 0.15) is 39.5 Å². The van der Waals surface area contributed by atoms with Gasteiger partial charge in [-0.1, -0.05) is 0 Å². The van der Waals surface area contributed by atoms with E-state index in [2.05, 4.69) is 0 Å². The van der Waals surface area contributed by atoms with Crippen molar-refractivity contribution >= 4 is 11.8 Å². The highest BCUT2D eigenvalue weighted by Gasteiger charge is 2.44. The first-order chi connectivity index (χ1) is 11.5. The minimum Gasteiger partial charge on any atom is -0.381 e. The van der Waals surface area contributed by atoms with E-state index in [0.717, 1.165) is 39.0 Å². The number of ether oxygens (including phenoxy) is 2. The first-order valence-corrected chi connectivity index (χ1v) is 9.22. The molecule has 3 rings (SSSR count). The number of carbonyl (C=O) groups is 2. The van der Waals surface area contributed by atoms with Crippen molar-refractivity contribution < 1.29 is 19.1 Å². The average Bonchev–Trinajstić information content (AvgIpc) is 2.90. The Kier molecular flexibility index (Phi) is 5.45. The minimum absolute atomic E-state index is 0.0638. The van der Waals surface area contributed by atoms with Gasteiger partial charge >= 0.3 is 0 Å². The summed E-state index contributed by atoms with van der Waals surface area (Å²) in [4.78, 5) is 28.8. The molecule has 1 unspecified atom stereocenters. The van der Waals surface area contributed by atoms with Crippen LogP contribution < -0.4 is 0 Å². The van der Waals surface area contributed by atoms with Gasteiger partial charge in [-0.25, -0.2) is 0 Å². The number of carbonyl (C=O) groups excluding carboxylic acids is 2. The minimum atomic E-state index is -0.0955. The molecule has 3 heterocycles. The van der Waals surface area contributed by atoms with Crippen molar-refractivity contribution in [2.45, 2.75) is 45.6 Å². The first kappa shape index (κ1) is 17.7. The number of rotatable bonds is 3. The molecule has 3 aliphatic rings. The monoisotopic (exact) mass is 338 g/mol. The third kappa shape index (κ3) is 3.91. The number of nitrogens with zero attached hydrogens (tertiary/aromatic N) is 2. The zero-order chi connectivity index (χ0) is 17.2. The van der Waals surface area contributed by atoms with Gasteiger partial charge in [-0.05, 0) is 39.0 Å². The highest BCUT2D eigenvalue weighted by molar-refractivity contribution is 5.78. The third-order valence-electron chi connectivity index (χ3n) is 5.68. The van der Waals surface area contributed by atoms with Gasteiger partial charge in [0.05, 0.1) is 6.61 Å². The summed E-state index contributed by atoms with van der Waals surface area (Å²) < 4.78 is 11.0. The molecular formula is C18H30N2O4. The normalized spacial score (nSPS) is 29.5. The second kappa shape index (κ2) is 7.40. The molecule has 3 saturated heterocycles. The second-order valence-electron chi connectivity index (χ2n) is 7.93. The van der Waals surface area contributed by atoms with E-state index >= 15 is 0 Å². The Hall–Kier alpha value is -1.14. The van der Waals surface area contributed by atoms with Crippen molar-refractivity contribution in [2.24, 2.45) is 11.3 Å². The molecular weight excluding hydrogens is 308 g/mol. The van der Waals surface area contributed by atoms with E-state index in [1.807, 2.05) is 23.6 Å². The summed E-state index contributed by atoms with van der Waals surface area (Å²) in [5.74, 6) is 0.779. The maximum atomic E-state index is 12.7. The summed E-state index contributed by atoms with van der Waals surface area (Å²) in [6, 6.07) is 0.170. The first-order valence-electron chi connectivity index (χ1n) is 9.22. The molecule has 0 aliphatic carbocycles. The zero-order valence-corrected chi connectivity index (χ0v) is 15.0. The van der Waals surface area contributed by atoms with Crippen molar-refractivity contribution in [3.8, 4) is 0 Å². The molecule has 1 atom stereocenters. The van der Waals surface area contributed by atoms with Crippen LogP contribution in [-0.4, -0.2) is 73.7 Å². The largest absolute Gasteiger partial charge is 0.381 e. The lowest BCUT2D eigenvalue weighted by Gasteiger charge is -2.34. The molecule has 6 heteroatoms. The van der Waals surface area contributed by atoms with Gasteiger partial charge in [0.1, 0.15) is 6.61 Å². The van der Waals surface area contributed by atoms with Gasteiger partial charge in [0.25, 0.3) is 0 Å². The van der Waals surface area contributed by atoms with E-state index in [0.29, 0.717) is 32.0 Å². The highest BCUT2D eigenvalue weighted by atomic mass is 16.5. The van der Waals surface area contributed by atoms with E-state index in [4.69, 9.17) is 9.47 Å². The molecule has 0 aromatic carbocycles. The van der Waals surface area contributed by atoms with Gasteiger partial charge in [-0.3, -0.25) is 9.59 Å². The lowest BCUT2D eigenvalue weighted by Crippen LogP contribution is -2.46. The molecule has 136 valence electrons. The van der Waals surface area contributed by atoms with E-state index in [1.54, 1.807) is 0 Å². The fraction of sp³-hybridized carbons (Fsp3) is 0.889. The Morgan fingerprint density at radius 2 is 2.00 bits per heavy atom. The highest BCUT2D eigenvalue weighted by Crippen LogP contribution is 2.35. The number of amides is 2. The zero-order valence-electron chi connectivity index (χ0n) is 15.0.